The molecule has 1 aliphatic rings. The molecule has 1 aromatic rings. The normalized spacial score (nSPS) is 26.5. The fourth-order valence-corrected chi connectivity index (χ4v) is 3.16. The molecule has 0 radical (unpaired) electrons. The number of ether oxygens (including phenoxy) is 1. The molecule has 1 aromatic carbocycles. The predicted molar refractivity (Wildman–Crippen MR) is 125 cm³/mol. The molecule has 27 heavy (non-hydrogen) atoms. The summed E-state index contributed by atoms with van der Waals surface area (Å²) in [5.74, 6) is 2.17. The van der Waals surface area contributed by atoms with Crippen molar-refractivity contribution >= 4 is 74.2 Å². The summed E-state index contributed by atoms with van der Waals surface area (Å²) in [5, 5.41) is 0. The van der Waals surface area contributed by atoms with Crippen LogP contribution >= 0.6 is 53.0 Å². The van der Waals surface area contributed by atoms with E-state index >= 15 is 0 Å². The maximum atomic E-state index is 6.14. The second-order valence-corrected chi connectivity index (χ2v) is 64.4. The van der Waals surface area contributed by atoms with Crippen LogP contribution in [0.2, 0.25) is 0 Å². The average molecular weight is 609 g/mol. The van der Waals surface area contributed by atoms with Gasteiger partial charge in [0.1, 0.15) is 13.2 Å². The van der Waals surface area contributed by atoms with E-state index in [-0.39, 0.29) is 0 Å². The zero-order valence-electron chi connectivity index (χ0n) is 16.0. The van der Waals surface area contributed by atoms with Crippen LogP contribution in [0.3, 0.4) is 0 Å². The van der Waals surface area contributed by atoms with Crippen LogP contribution in [-0.2, 0) is 4.74 Å². The van der Waals surface area contributed by atoms with Gasteiger partial charge in [-0.1, -0.05) is 45.4 Å². The summed E-state index contributed by atoms with van der Waals surface area (Å²) in [6.07, 6.45) is 6.09. The van der Waals surface area contributed by atoms with E-state index in [0.717, 1.165) is 11.6 Å². The van der Waals surface area contributed by atoms with Crippen molar-refractivity contribution in [3.8, 4) is 0 Å². The number of halogens is 6. The first-order valence-corrected chi connectivity index (χ1v) is 28.3. The summed E-state index contributed by atoms with van der Waals surface area (Å²) in [7, 11) is 27.0. The monoisotopic (exact) mass is 605 g/mol. The van der Waals surface area contributed by atoms with Gasteiger partial charge in [0.25, 0.3) is 0 Å². The molecule has 9 heteroatoms. The second-order valence-electron chi connectivity index (χ2n) is 7.51. The number of hydrogen-bond acceptors (Lipinski definition) is 1. The van der Waals surface area contributed by atoms with Crippen LogP contribution < -0.4 is 0 Å². The Morgan fingerprint density at radius 1 is 1.04 bits per heavy atom. The van der Waals surface area contributed by atoms with Gasteiger partial charge >= 0.3 is 68.5 Å². The van der Waals surface area contributed by atoms with E-state index in [9.17, 15) is 0 Å². The summed E-state index contributed by atoms with van der Waals surface area (Å²) in [6.45, 7) is 6.98. The van der Waals surface area contributed by atoms with Gasteiger partial charge < -0.3 is 4.74 Å². The fraction of sp³-hybridized carbons (Fsp3) is 0.611. The Labute approximate surface area is 183 Å². The first kappa shape index (κ1) is 26.3. The number of benzene rings is 1. The minimum absolute atomic E-state index is 0.366. The third kappa shape index (κ3) is 14.0. The van der Waals surface area contributed by atoms with Crippen LogP contribution in [0, 0.1) is 17.8 Å². The molecule has 2 rings (SSSR count). The van der Waals surface area contributed by atoms with Crippen LogP contribution in [-0.4, -0.2) is 33.3 Å². The number of hydrogen-bond donors (Lipinski definition) is 0. The van der Waals surface area contributed by atoms with Crippen LogP contribution in [0.1, 0.15) is 40.0 Å². The fourth-order valence-electron chi connectivity index (χ4n) is 3.16. The maximum absolute atomic E-state index is 6.14. The zero-order chi connectivity index (χ0) is 20.9. The van der Waals surface area contributed by atoms with E-state index in [4.69, 9.17) is 57.7 Å². The SMILES string of the molecule is CC1CCC(C(C)C)C(OC=[N+](C)c2ccccc2)C1.[Cl][Sb-]([Cl])([Cl])([Cl])([Cl])[Cl]. The number of rotatable bonds is 4. The van der Waals surface area contributed by atoms with Crippen molar-refractivity contribution in [1.29, 1.82) is 0 Å². The molecule has 0 heterocycles. The van der Waals surface area contributed by atoms with Crippen molar-refractivity contribution in [3.05, 3.63) is 30.3 Å². The zero-order valence-corrected chi connectivity index (χ0v) is 23.1. The Bertz CT molecular complexity index is 618. The second kappa shape index (κ2) is 9.59. The molecule has 0 saturated heterocycles. The quantitative estimate of drug-likeness (QED) is 0.145. The Balaban J connectivity index is 0.000000445. The molecule has 158 valence electrons. The Morgan fingerprint density at radius 2 is 1.56 bits per heavy atom. The van der Waals surface area contributed by atoms with E-state index in [1.165, 1.54) is 19.3 Å². The molecule has 0 spiro atoms. The number of nitrogens with zero attached hydrogens (tertiary/aromatic N) is 1. The standard InChI is InChI=1S/C18H28NO.6ClH.Sb/c1-14(2)17-11-10-15(3)12-18(17)20-13-19(4)16-8-6-5-7-9-16;;;;;;;/h5-9,13-15,17-18H,10-12H2,1-4H3;6*1H;/q+1;;;;;;;+5/p-6. The molecule has 3 atom stereocenters. The van der Waals surface area contributed by atoms with Crippen molar-refractivity contribution < 1.29 is 9.31 Å². The summed E-state index contributed by atoms with van der Waals surface area (Å²) < 4.78 is 8.21. The summed E-state index contributed by atoms with van der Waals surface area (Å²) in [4.78, 5) is 0. The van der Waals surface area contributed by atoms with Crippen LogP contribution in [0.25, 0.3) is 0 Å². The molecule has 1 saturated carbocycles. The molecule has 3 unspecified atom stereocenters. The van der Waals surface area contributed by atoms with Crippen LogP contribution in [0.4, 0.5) is 5.69 Å². The van der Waals surface area contributed by atoms with Gasteiger partial charge in [-0.05, 0) is 30.6 Å². The van der Waals surface area contributed by atoms with E-state index in [1.54, 1.807) is 0 Å². The predicted octanol–water partition coefficient (Wildman–Crippen LogP) is 8.22. The molecule has 0 aliphatic heterocycles. The molecule has 0 amide bonds. The van der Waals surface area contributed by atoms with Gasteiger partial charge in [0.2, 0.25) is 5.69 Å². The Kier molecular flexibility index (Phi) is 9.33. The van der Waals surface area contributed by atoms with E-state index in [0.29, 0.717) is 17.9 Å². The molecule has 2 nitrogen and oxygen atoms in total. The summed E-state index contributed by atoms with van der Waals surface area (Å²) in [6, 6.07) is 10.3. The molecule has 0 N–H and O–H groups in total. The van der Waals surface area contributed by atoms with Crippen molar-refractivity contribution in [3.63, 3.8) is 0 Å². The van der Waals surface area contributed by atoms with Gasteiger partial charge in [0.05, 0.1) is 0 Å². The van der Waals surface area contributed by atoms with Gasteiger partial charge in [0.15, 0.2) is 0 Å². The van der Waals surface area contributed by atoms with Gasteiger partial charge in [-0.3, -0.25) is 0 Å². The summed E-state index contributed by atoms with van der Waals surface area (Å²) >= 11 is 0. The van der Waals surface area contributed by atoms with E-state index in [2.05, 4.69) is 49.6 Å². The summed E-state index contributed by atoms with van der Waals surface area (Å²) in [5.41, 5.74) is 1.16. The third-order valence-electron chi connectivity index (χ3n) is 4.52. The minimum atomic E-state index is -5.42. The van der Waals surface area contributed by atoms with E-state index in [1.807, 2.05) is 19.5 Å². The third-order valence-corrected chi connectivity index (χ3v) is 4.52. The van der Waals surface area contributed by atoms with Crippen molar-refractivity contribution in [2.24, 2.45) is 17.8 Å². The van der Waals surface area contributed by atoms with Gasteiger partial charge in [0, 0.05) is 12.1 Å². The molecule has 1 fully saturated rings. The topological polar surface area (TPSA) is 12.2 Å². The van der Waals surface area contributed by atoms with E-state index < -0.39 is 9.14 Å². The first-order chi connectivity index (χ1) is 12.0. The molecular weight excluding hydrogens is 581 g/mol. The average Bonchev–Trinajstić information content (AvgIpc) is 2.50. The van der Waals surface area contributed by atoms with Gasteiger partial charge in [-0.25, -0.2) is 0 Å². The first-order valence-electron chi connectivity index (χ1n) is 8.86. The molecule has 1 aliphatic carbocycles. The van der Waals surface area contributed by atoms with Crippen LogP contribution in [0.5, 0.6) is 0 Å². The molecule has 0 aromatic heterocycles. The van der Waals surface area contributed by atoms with Gasteiger partial charge in [-0.2, -0.15) is 4.58 Å². The Hall–Kier alpha value is 1.25. The van der Waals surface area contributed by atoms with Crippen LogP contribution in [0.15, 0.2) is 30.3 Å². The van der Waals surface area contributed by atoms with Crippen molar-refractivity contribution in [1.82, 2.24) is 0 Å². The van der Waals surface area contributed by atoms with Gasteiger partial charge in [-0.15, -0.1) is 0 Å². The molecule has 0 bridgehead atoms. The number of para-hydroxylation sites is 1. The van der Waals surface area contributed by atoms with Crippen molar-refractivity contribution in [2.75, 3.05) is 7.05 Å². The Morgan fingerprint density at radius 3 is 2.04 bits per heavy atom. The molecular formula is C18H28Cl6NOSb. The van der Waals surface area contributed by atoms with Crippen molar-refractivity contribution in [2.45, 2.75) is 46.1 Å².